The van der Waals surface area contributed by atoms with Crippen LogP contribution in [0, 0.1) is 5.92 Å². The van der Waals surface area contributed by atoms with Crippen LogP contribution in [0.2, 0.25) is 0 Å². The third kappa shape index (κ3) is 9.09. The minimum absolute atomic E-state index is 0. The van der Waals surface area contributed by atoms with E-state index in [1.807, 2.05) is 19.2 Å². The van der Waals surface area contributed by atoms with Gasteiger partial charge in [0, 0.05) is 33.2 Å². The molecule has 1 aromatic rings. The van der Waals surface area contributed by atoms with Crippen LogP contribution in [0.1, 0.15) is 32.8 Å². The number of likely N-dealkylation sites (tertiary alicyclic amines) is 1. The van der Waals surface area contributed by atoms with Gasteiger partial charge in [0.15, 0.2) is 5.96 Å². The highest BCUT2D eigenvalue weighted by Crippen LogP contribution is 2.24. The molecule has 166 valence electrons. The van der Waals surface area contributed by atoms with Crippen LogP contribution in [0.5, 0.6) is 5.75 Å². The van der Waals surface area contributed by atoms with Crippen molar-refractivity contribution >= 4 is 29.9 Å². The van der Waals surface area contributed by atoms with Gasteiger partial charge < -0.3 is 24.4 Å². The maximum absolute atomic E-state index is 5.86. The van der Waals surface area contributed by atoms with Crippen LogP contribution in [0.4, 0.5) is 0 Å². The molecule has 0 radical (unpaired) electrons. The molecule has 6 nitrogen and oxygen atoms in total. The van der Waals surface area contributed by atoms with Crippen molar-refractivity contribution in [1.82, 2.24) is 10.2 Å². The molecule has 0 saturated carbocycles. The summed E-state index contributed by atoms with van der Waals surface area (Å²) in [4.78, 5) is 6.71. The number of aliphatic imine (C=N–C) groups is 1. The molecule has 0 aromatic heterocycles. The van der Waals surface area contributed by atoms with Gasteiger partial charge in [-0.25, -0.2) is 0 Å². The quantitative estimate of drug-likeness (QED) is 0.234. The molecule has 1 N–H and O–H groups in total. The highest BCUT2D eigenvalue weighted by molar-refractivity contribution is 14.0. The Hall–Kier alpha value is -1.06. The molecule has 1 fully saturated rings. The lowest BCUT2D eigenvalue weighted by Crippen LogP contribution is -2.41. The summed E-state index contributed by atoms with van der Waals surface area (Å²) in [5, 5.41) is 3.40. The Balaban J connectivity index is 0.00000420. The number of ether oxygens (including phenoxy) is 3. The average molecular weight is 519 g/mol. The number of nitrogens with zero attached hydrogens (tertiary/aromatic N) is 2. The number of rotatable bonds is 9. The van der Waals surface area contributed by atoms with Gasteiger partial charge >= 0.3 is 0 Å². The highest BCUT2D eigenvalue weighted by atomic mass is 127. The fraction of sp³-hybridized carbons (Fsp3) is 0.682. The lowest BCUT2D eigenvalue weighted by Gasteiger charge is -2.22. The fourth-order valence-electron chi connectivity index (χ4n) is 3.27. The summed E-state index contributed by atoms with van der Waals surface area (Å²) < 4.78 is 16.5. The smallest absolute Gasteiger partial charge is 0.193 e. The number of nitrogens with one attached hydrogen (secondary N) is 1. The second-order valence-electron chi connectivity index (χ2n) is 8.27. The van der Waals surface area contributed by atoms with Crippen LogP contribution in [0.15, 0.2) is 29.3 Å². The molecule has 0 aliphatic carbocycles. The number of guanidine groups is 1. The monoisotopic (exact) mass is 519 g/mol. The molecular formula is C22H38IN3O3. The van der Waals surface area contributed by atoms with E-state index in [2.05, 4.69) is 48.1 Å². The van der Waals surface area contributed by atoms with Crippen molar-refractivity contribution in [2.24, 2.45) is 10.9 Å². The van der Waals surface area contributed by atoms with Gasteiger partial charge in [0.2, 0.25) is 0 Å². The molecule has 1 aromatic carbocycles. The molecule has 2 rings (SSSR count). The Morgan fingerprint density at radius 2 is 1.90 bits per heavy atom. The first kappa shape index (κ1) is 26.0. The Bertz CT molecular complexity index is 602. The molecule has 1 saturated heterocycles. The second-order valence-corrected chi connectivity index (χ2v) is 8.27. The predicted octanol–water partition coefficient (Wildman–Crippen LogP) is 3.54. The average Bonchev–Trinajstić information content (AvgIpc) is 3.14. The summed E-state index contributed by atoms with van der Waals surface area (Å²) in [7, 11) is 3.53. The van der Waals surface area contributed by atoms with E-state index >= 15 is 0 Å². The lowest BCUT2D eigenvalue weighted by atomic mass is 9.87. The van der Waals surface area contributed by atoms with Crippen molar-refractivity contribution < 1.29 is 14.2 Å². The Labute approximate surface area is 193 Å². The summed E-state index contributed by atoms with van der Waals surface area (Å²) in [6.45, 7) is 12.0. The van der Waals surface area contributed by atoms with E-state index in [1.165, 1.54) is 5.56 Å². The number of methoxy groups -OCH3 is 1. The largest absolute Gasteiger partial charge is 0.492 e. The van der Waals surface area contributed by atoms with Gasteiger partial charge in [-0.15, -0.1) is 24.0 Å². The van der Waals surface area contributed by atoms with Crippen LogP contribution < -0.4 is 10.1 Å². The van der Waals surface area contributed by atoms with Crippen molar-refractivity contribution in [3.63, 3.8) is 0 Å². The van der Waals surface area contributed by atoms with E-state index < -0.39 is 0 Å². The zero-order valence-electron chi connectivity index (χ0n) is 18.6. The Kier molecular flexibility index (Phi) is 11.9. The van der Waals surface area contributed by atoms with Gasteiger partial charge in [0.05, 0.1) is 26.4 Å². The van der Waals surface area contributed by atoms with Crippen molar-refractivity contribution in [3.05, 3.63) is 29.8 Å². The van der Waals surface area contributed by atoms with E-state index in [0.717, 1.165) is 44.4 Å². The highest BCUT2D eigenvalue weighted by Gasteiger charge is 2.24. The number of hydrogen-bond donors (Lipinski definition) is 1. The molecular weight excluding hydrogens is 481 g/mol. The lowest BCUT2D eigenvalue weighted by molar-refractivity contribution is 0.0536. The van der Waals surface area contributed by atoms with Gasteiger partial charge in [0.25, 0.3) is 0 Å². The molecule has 0 bridgehead atoms. The molecule has 1 heterocycles. The summed E-state index contributed by atoms with van der Waals surface area (Å²) in [6.07, 6.45) is 1.13. The molecule has 1 aliphatic heterocycles. The minimum atomic E-state index is 0. The van der Waals surface area contributed by atoms with Crippen LogP contribution >= 0.6 is 24.0 Å². The van der Waals surface area contributed by atoms with Crippen LogP contribution in [-0.2, 0) is 14.9 Å². The third-order valence-corrected chi connectivity index (χ3v) is 4.96. The first-order valence-corrected chi connectivity index (χ1v) is 10.2. The fourth-order valence-corrected chi connectivity index (χ4v) is 3.27. The first-order chi connectivity index (χ1) is 13.4. The molecule has 1 atom stereocenters. The molecule has 0 spiro atoms. The molecule has 0 amide bonds. The van der Waals surface area contributed by atoms with Crippen molar-refractivity contribution in [2.75, 3.05) is 60.2 Å². The van der Waals surface area contributed by atoms with Crippen molar-refractivity contribution in [1.29, 1.82) is 0 Å². The zero-order chi connectivity index (χ0) is 20.4. The van der Waals surface area contributed by atoms with Crippen LogP contribution in [0.25, 0.3) is 0 Å². The maximum atomic E-state index is 5.86. The number of benzene rings is 1. The van der Waals surface area contributed by atoms with Crippen LogP contribution in [0.3, 0.4) is 0 Å². The summed E-state index contributed by atoms with van der Waals surface area (Å²) in [5.41, 5.74) is 1.47. The van der Waals surface area contributed by atoms with Gasteiger partial charge in [-0.05, 0) is 29.5 Å². The summed E-state index contributed by atoms with van der Waals surface area (Å²) in [6, 6.07) is 8.37. The predicted molar refractivity (Wildman–Crippen MR) is 130 cm³/mol. The Morgan fingerprint density at radius 3 is 2.52 bits per heavy atom. The topological polar surface area (TPSA) is 55.3 Å². The molecule has 29 heavy (non-hydrogen) atoms. The normalized spacial score (nSPS) is 17.2. The zero-order valence-corrected chi connectivity index (χ0v) is 20.9. The van der Waals surface area contributed by atoms with Crippen LogP contribution in [-0.4, -0.2) is 71.1 Å². The van der Waals surface area contributed by atoms with E-state index in [4.69, 9.17) is 14.2 Å². The SMILES string of the molecule is CN=C(NCCOc1ccc(C(C)(C)C)cc1)N1CCC(COCCOC)C1.I. The van der Waals surface area contributed by atoms with E-state index in [1.54, 1.807) is 7.11 Å². The number of halogens is 1. The van der Waals surface area contributed by atoms with Gasteiger partial charge in [-0.3, -0.25) is 4.99 Å². The van der Waals surface area contributed by atoms with Gasteiger partial charge in [0.1, 0.15) is 12.4 Å². The van der Waals surface area contributed by atoms with Gasteiger partial charge in [-0.2, -0.15) is 0 Å². The van der Waals surface area contributed by atoms with E-state index in [0.29, 0.717) is 25.7 Å². The minimum Gasteiger partial charge on any atom is -0.492 e. The number of hydrogen-bond acceptors (Lipinski definition) is 4. The van der Waals surface area contributed by atoms with E-state index in [-0.39, 0.29) is 29.4 Å². The van der Waals surface area contributed by atoms with Crippen molar-refractivity contribution in [2.45, 2.75) is 32.6 Å². The molecule has 7 heteroatoms. The summed E-state index contributed by atoms with van der Waals surface area (Å²) >= 11 is 0. The molecule has 1 aliphatic rings. The van der Waals surface area contributed by atoms with Crippen molar-refractivity contribution in [3.8, 4) is 5.75 Å². The molecule has 1 unspecified atom stereocenters. The summed E-state index contributed by atoms with van der Waals surface area (Å²) in [5.74, 6) is 2.39. The Morgan fingerprint density at radius 1 is 1.17 bits per heavy atom. The van der Waals surface area contributed by atoms with E-state index in [9.17, 15) is 0 Å². The maximum Gasteiger partial charge on any atom is 0.193 e. The first-order valence-electron chi connectivity index (χ1n) is 10.2. The standard InChI is InChI=1S/C22H37N3O3.HI/c1-22(2,3)19-6-8-20(9-7-19)28-13-11-24-21(23-4)25-12-10-18(16-25)17-27-15-14-26-5;/h6-9,18H,10-17H2,1-5H3,(H,23,24);1H. The van der Waals surface area contributed by atoms with Gasteiger partial charge in [-0.1, -0.05) is 32.9 Å². The second kappa shape index (κ2) is 13.3. The third-order valence-electron chi connectivity index (χ3n) is 4.96.